The first-order valence-corrected chi connectivity index (χ1v) is 8.14. The fourth-order valence-electron chi connectivity index (χ4n) is 2.97. The minimum Gasteiger partial charge on any atom is -0.394 e. The Bertz CT molecular complexity index is 217. The lowest BCUT2D eigenvalue weighted by atomic mass is 9.90. The summed E-state index contributed by atoms with van der Waals surface area (Å²) in [6, 6.07) is 0. The van der Waals surface area contributed by atoms with Crippen molar-refractivity contribution in [2.45, 2.75) is 70.8 Å². The van der Waals surface area contributed by atoms with Crippen LogP contribution in [0.25, 0.3) is 0 Å². The van der Waals surface area contributed by atoms with Crippen LogP contribution in [0, 0.1) is 5.92 Å². The van der Waals surface area contributed by atoms with Gasteiger partial charge in [-0.25, -0.2) is 0 Å². The first-order valence-electron chi connectivity index (χ1n) is 8.14. The van der Waals surface area contributed by atoms with Gasteiger partial charge in [0, 0.05) is 18.8 Å². The van der Waals surface area contributed by atoms with Gasteiger partial charge < -0.3 is 15.2 Å². The average Bonchev–Trinajstić information content (AvgIpc) is 2.44. The molecule has 1 rings (SSSR count). The predicted octanol–water partition coefficient (Wildman–Crippen LogP) is 3.11. The van der Waals surface area contributed by atoms with Crippen LogP contribution in [0.3, 0.4) is 0 Å². The third-order valence-electron chi connectivity index (χ3n) is 4.30. The molecular formula is C16H33NO2. The zero-order valence-electron chi connectivity index (χ0n) is 12.9. The van der Waals surface area contributed by atoms with E-state index in [9.17, 15) is 5.11 Å². The van der Waals surface area contributed by atoms with Gasteiger partial charge in [0.1, 0.15) is 0 Å². The Morgan fingerprint density at radius 2 is 1.95 bits per heavy atom. The number of ether oxygens (including phenoxy) is 1. The lowest BCUT2D eigenvalue weighted by Gasteiger charge is -2.28. The van der Waals surface area contributed by atoms with Crippen molar-refractivity contribution in [2.75, 3.05) is 26.4 Å². The molecule has 0 aliphatic heterocycles. The van der Waals surface area contributed by atoms with E-state index in [4.69, 9.17) is 4.74 Å². The van der Waals surface area contributed by atoms with Gasteiger partial charge in [-0.05, 0) is 51.5 Å². The van der Waals surface area contributed by atoms with Crippen molar-refractivity contribution in [3.63, 3.8) is 0 Å². The monoisotopic (exact) mass is 271 g/mol. The minimum absolute atomic E-state index is 0.113. The molecule has 19 heavy (non-hydrogen) atoms. The highest BCUT2D eigenvalue weighted by molar-refractivity contribution is 4.81. The van der Waals surface area contributed by atoms with Crippen molar-refractivity contribution >= 4 is 0 Å². The molecule has 0 aromatic rings. The molecule has 1 unspecified atom stereocenters. The van der Waals surface area contributed by atoms with Gasteiger partial charge in [-0.2, -0.15) is 0 Å². The summed E-state index contributed by atoms with van der Waals surface area (Å²) in [5.74, 6) is 0.818. The van der Waals surface area contributed by atoms with Gasteiger partial charge in [0.05, 0.1) is 6.61 Å². The predicted molar refractivity (Wildman–Crippen MR) is 80.4 cm³/mol. The molecule has 2 N–H and O–H groups in total. The number of likely N-dealkylation sites (N-methyl/N-ethyl adjacent to an activating group) is 1. The first kappa shape index (κ1) is 16.9. The highest BCUT2D eigenvalue weighted by Crippen LogP contribution is 2.23. The van der Waals surface area contributed by atoms with Gasteiger partial charge in [0.2, 0.25) is 0 Å². The zero-order valence-corrected chi connectivity index (χ0v) is 12.9. The SMILES string of the molecule is CCNC(C)(CO)CCCCOCC1CCCCC1. The molecule has 114 valence electrons. The summed E-state index contributed by atoms with van der Waals surface area (Å²) < 4.78 is 5.80. The van der Waals surface area contributed by atoms with E-state index in [1.807, 2.05) is 0 Å². The third kappa shape index (κ3) is 7.28. The number of aliphatic hydroxyl groups excluding tert-OH is 1. The van der Waals surface area contributed by atoms with Gasteiger partial charge in [-0.15, -0.1) is 0 Å². The van der Waals surface area contributed by atoms with Crippen molar-refractivity contribution in [1.29, 1.82) is 0 Å². The molecule has 3 heteroatoms. The molecule has 0 saturated heterocycles. The van der Waals surface area contributed by atoms with E-state index in [0.29, 0.717) is 0 Å². The van der Waals surface area contributed by atoms with E-state index >= 15 is 0 Å². The summed E-state index contributed by atoms with van der Waals surface area (Å²) in [6.45, 7) is 7.15. The third-order valence-corrected chi connectivity index (χ3v) is 4.30. The Balaban J connectivity index is 1.98. The number of unbranched alkanes of at least 4 members (excludes halogenated alkanes) is 1. The highest BCUT2D eigenvalue weighted by Gasteiger charge is 2.20. The number of rotatable bonds is 10. The molecule has 1 fully saturated rings. The van der Waals surface area contributed by atoms with Crippen molar-refractivity contribution < 1.29 is 9.84 Å². The highest BCUT2D eigenvalue weighted by atomic mass is 16.5. The first-order chi connectivity index (χ1) is 9.20. The molecule has 0 aromatic carbocycles. The second-order valence-electron chi connectivity index (χ2n) is 6.29. The Morgan fingerprint density at radius 3 is 2.58 bits per heavy atom. The zero-order chi connectivity index (χ0) is 14.0. The lowest BCUT2D eigenvalue weighted by molar-refractivity contribution is 0.0798. The summed E-state index contributed by atoms with van der Waals surface area (Å²) in [5.41, 5.74) is -0.113. The normalized spacial score (nSPS) is 20.4. The molecule has 0 spiro atoms. The standard InChI is InChI=1S/C16H33NO2/c1-3-17-16(2,14-18)11-7-8-12-19-13-15-9-5-4-6-10-15/h15,17-18H,3-14H2,1-2H3. The van der Waals surface area contributed by atoms with Crippen LogP contribution >= 0.6 is 0 Å². The Kier molecular flexibility index (Phi) is 8.67. The molecule has 0 heterocycles. The van der Waals surface area contributed by atoms with Gasteiger partial charge in [0.25, 0.3) is 0 Å². The molecule has 0 amide bonds. The van der Waals surface area contributed by atoms with Crippen LogP contribution in [-0.4, -0.2) is 37.0 Å². The maximum Gasteiger partial charge on any atom is 0.0610 e. The van der Waals surface area contributed by atoms with Crippen LogP contribution in [-0.2, 0) is 4.74 Å². The number of hydrogen-bond donors (Lipinski definition) is 2. The molecule has 1 saturated carbocycles. The van der Waals surface area contributed by atoms with Crippen molar-refractivity contribution in [3.05, 3.63) is 0 Å². The molecule has 1 atom stereocenters. The van der Waals surface area contributed by atoms with Crippen LogP contribution in [0.1, 0.15) is 65.2 Å². The van der Waals surface area contributed by atoms with Crippen LogP contribution in [0.2, 0.25) is 0 Å². The van der Waals surface area contributed by atoms with Crippen molar-refractivity contribution in [3.8, 4) is 0 Å². The average molecular weight is 271 g/mol. The molecule has 1 aliphatic rings. The van der Waals surface area contributed by atoms with Crippen LogP contribution in [0.4, 0.5) is 0 Å². The summed E-state index contributed by atoms with van der Waals surface area (Å²) in [7, 11) is 0. The maximum absolute atomic E-state index is 9.40. The van der Waals surface area contributed by atoms with Gasteiger partial charge in [-0.3, -0.25) is 0 Å². The van der Waals surface area contributed by atoms with E-state index in [0.717, 1.165) is 44.9 Å². The van der Waals surface area contributed by atoms with E-state index in [1.165, 1.54) is 32.1 Å². The second-order valence-corrected chi connectivity index (χ2v) is 6.29. The summed E-state index contributed by atoms with van der Waals surface area (Å²) in [6.07, 6.45) is 10.2. The second kappa shape index (κ2) is 9.73. The summed E-state index contributed by atoms with van der Waals surface area (Å²) >= 11 is 0. The topological polar surface area (TPSA) is 41.5 Å². The van der Waals surface area contributed by atoms with Crippen LogP contribution in [0.5, 0.6) is 0 Å². The lowest BCUT2D eigenvalue weighted by Crippen LogP contribution is -2.45. The number of hydrogen-bond acceptors (Lipinski definition) is 3. The minimum atomic E-state index is -0.113. The summed E-state index contributed by atoms with van der Waals surface area (Å²) in [5, 5.41) is 12.8. The smallest absolute Gasteiger partial charge is 0.0610 e. The van der Waals surface area contributed by atoms with Crippen molar-refractivity contribution in [1.82, 2.24) is 5.32 Å². The van der Waals surface area contributed by atoms with Gasteiger partial charge in [-0.1, -0.05) is 26.2 Å². The number of aliphatic hydroxyl groups is 1. The van der Waals surface area contributed by atoms with E-state index in [1.54, 1.807) is 0 Å². The largest absolute Gasteiger partial charge is 0.394 e. The molecule has 3 nitrogen and oxygen atoms in total. The molecule has 0 bridgehead atoms. The van der Waals surface area contributed by atoms with E-state index < -0.39 is 0 Å². The Morgan fingerprint density at radius 1 is 1.21 bits per heavy atom. The van der Waals surface area contributed by atoms with Crippen LogP contribution in [0.15, 0.2) is 0 Å². The Labute approximate surface area is 119 Å². The Hall–Kier alpha value is -0.120. The number of nitrogens with one attached hydrogen (secondary N) is 1. The van der Waals surface area contributed by atoms with Crippen LogP contribution < -0.4 is 5.32 Å². The van der Waals surface area contributed by atoms with E-state index in [2.05, 4.69) is 19.2 Å². The summed E-state index contributed by atoms with van der Waals surface area (Å²) in [4.78, 5) is 0. The molecule has 0 aromatic heterocycles. The molecular weight excluding hydrogens is 238 g/mol. The van der Waals surface area contributed by atoms with Crippen molar-refractivity contribution in [2.24, 2.45) is 5.92 Å². The fourth-order valence-corrected chi connectivity index (χ4v) is 2.97. The molecule has 0 radical (unpaired) electrons. The van der Waals surface area contributed by atoms with Gasteiger partial charge >= 0.3 is 0 Å². The quantitative estimate of drug-likeness (QED) is 0.600. The fraction of sp³-hybridized carbons (Fsp3) is 1.00. The van der Waals surface area contributed by atoms with Gasteiger partial charge in [0.15, 0.2) is 0 Å². The molecule has 1 aliphatic carbocycles. The van der Waals surface area contributed by atoms with E-state index in [-0.39, 0.29) is 12.1 Å². The maximum atomic E-state index is 9.40.